The van der Waals surface area contributed by atoms with Crippen molar-refractivity contribution < 1.29 is 44.4 Å². The van der Waals surface area contributed by atoms with Crippen LogP contribution in [0.4, 0.5) is 0 Å². The number of para-hydroxylation sites is 1. The molecule has 0 spiro atoms. The topological polar surface area (TPSA) is 244 Å². The molecule has 3 aromatic rings. The molecule has 0 aliphatic rings. The Morgan fingerprint density at radius 2 is 1.43 bits per heavy atom. The van der Waals surface area contributed by atoms with Crippen molar-refractivity contribution in [1.82, 2.24) is 20.9 Å². The van der Waals surface area contributed by atoms with Gasteiger partial charge in [-0.3, -0.25) is 19.2 Å². The lowest BCUT2D eigenvalue weighted by Gasteiger charge is -2.25. The van der Waals surface area contributed by atoms with Crippen LogP contribution in [0.5, 0.6) is 5.75 Å². The minimum Gasteiger partial charge on any atom is -0.508 e. The second-order valence-electron chi connectivity index (χ2n) is 9.68. The number of fused-ring (bicyclic) bond motifs is 1. The molecule has 0 aliphatic heterocycles. The third kappa shape index (κ3) is 8.78. The van der Waals surface area contributed by atoms with Gasteiger partial charge in [-0.05, 0) is 35.7 Å². The van der Waals surface area contributed by atoms with Gasteiger partial charge in [0.2, 0.25) is 17.7 Å². The molecule has 1 heterocycles. The van der Waals surface area contributed by atoms with Crippen molar-refractivity contribution in [2.75, 3.05) is 6.61 Å². The summed E-state index contributed by atoms with van der Waals surface area (Å²) in [6.07, 6.45) is 0.591. The number of aliphatic carboxylic acids is 2. The molecule has 224 valence electrons. The number of carbonyl (C=O) groups is 5. The highest BCUT2D eigenvalue weighted by molar-refractivity contribution is 5.94. The number of phenols is 1. The van der Waals surface area contributed by atoms with E-state index in [4.69, 9.17) is 15.9 Å². The fourth-order valence-corrected chi connectivity index (χ4v) is 4.24. The molecule has 4 unspecified atom stereocenters. The second-order valence-corrected chi connectivity index (χ2v) is 9.68. The standard InChI is InChI=1S/C28H33N5O9/c29-19(14-34)25(38)31-21(9-10-24(36)37)26(39)32-22(11-15-5-7-17(35)8-6-15)27(40)33-23(28(41)42)12-16-13-30-20-4-2-1-3-18(16)20/h1-8,13,19,21-23,30,34-35H,9-12,14,29H2,(H,31,38)(H,32,39)(H,33,40)(H,36,37)(H,41,42). The Morgan fingerprint density at radius 1 is 0.810 bits per heavy atom. The summed E-state index contributed by atoms with van der Waals surface area (Å²) in [5.74, 6) is -5.27. The molecule has 14 nitrogen and oxygen atoms in total. The van der Waals surface area contributed by atoms with Crippen LogP contribution in [-0.2, 0) is 36.8 Å². The summed E-state index contributed by atoms with van der Waals surface area (Å²) in [6, 6.07) is 7.47. The van der Waals surface area contributed by atoms with E-state index in [1.165, 1.54) is 24.3 Å². The summed E-state index contributed by atoms with van der Waals surface area (Å²) < 4.78 is 0. The first-order valence-corrected chi connectivity index (χ1v) is 13.0. The molecule has 0 saturated heterocycles. The van der Waals surface area contributed by atoms with Gasteiger partial charge in [-0.2, -0.15) is 0 Å². The molecule has 3 amide bonds. The lowest BCUT2D eigenvalue weighted by atomic mass is 10.0. The Labute approximate surface area is 239 Å². The molecule has 0 saturated carbocycles. The van der Waals surface area contributed by atoms with Gasteiger partial charge in [-0.25, -0.2) is 4.79 Å². The Kier molecular flexibility index (Phi) is 11.0. The number of benzene rings is 2. The van der Waals surface area contributed by atoms with Crippen molar-refractivity contribution in [3.8, 4) is 5.75 Å². The molecule has 2 aromatic carbocycles. The zero-order valence-corrected chi connectivity index (χ0v) is 22.4. The number of amides is 3. The maximum absolute atomic E-state index is 13.4. The highest BCUT2D eigenvalue weighted by atomic mass is 16.4. The van der Waals surface area contributed by atoms with Gasteiger partial charge in [0, 0.05) is 36.4 Å². The van der Waals surface area contributed by atoms with Gasteiger partial charge in [0.05, 0.1) is 6.61 Å². The van der Waals surface area contributed by atoms with E-state index in [2.05, 4.69) is 20.9 Å². The number of phenolic OH excluding ortho intramolecular Hbond substituents is 1. The molecular formula is C28H33N5O9. The Morgan fingerprint density at radius 3 is 2.07 bits per heavy atom. The van der Waals surface area contributed by atoms with Gasteiger partial charge in [0.25, 0.3) is 0 Å². The van der Waals surface area contributed by atoms with Crippen LogP contribution in [0.2, 0.25) is 0 Å². The smallest absolute Gasteiger partial charge is 0.326 e. The molecule has 0 bridgehead atoms. The number of hydrogen-bond donors (Lipinski definition) is 9. The zero-order valence-electron chi connectivity index (χ0n) is 22.4. The lowest BCUT2D eigenvalue weighted by Crippen LogP contribution is -2.58. The van der Waals surface area contributed by atoms with Crippen LogP contribution in [0.3, 0.4) is 0 Å². The number of carboxylic acids is 2. The van der Waals surface area contributed by atoms with E-state index in [0.29, 0.717) is 11.1 Å². The van der Waals surface area contributed by atoms with Crippen LogP contribution in [0.1, 0.15) is 24.0 Å². The highest BCUT2D eigenvalue weighted by Crippen LogP contribution is 2.19. The van der Waals surface area contributed by atoms with Crippen molar-refractivity contribution in [3.63, 3.8) is 0 Å². The molecule has 3 rings (SSSR count). The van der Waals surface area contributed by atoms with Gasteiger partial charge in [-0.1, -0.05) is 30.3 Å². The molecule has 14 heteroatoms. The third-order valence-corrected chi connectivity index (χ3v) is 6.54. The SMILES string of the molecule is NC(CO)C(=O)NC(CCC(=O)O)C(=O)NC(Cc1ccc(O)cc1)C(=O)NC(Cc1c[nH]c2ccccc12)C(=O)O. The van der Waals surface area contributed by atoms with Gasteiger partial charge in [-0.15, -0.1) is 0 Å². The normalized spacial score (nSPS) is 13.9. The molecule has 0 aliphatic carbocycles. The van der Waals surface area contributed by atoms with Crippen LogP contribution in [0.15, 0.2) is 54.7 Å². The van der Waals surface area contributed by atoms with E-state index >= 15 is 0 Å². The zero-order chi connectivity index (χ0) is 30.8. The number of aromatic amines is 1. The van der Waals surface area contributed by atoms with Crippen molar-refractivity contribution >= 4 is 40.6 Å². The van der Waals surface area contributed by atoms with Crippen LogP contribution in [0.25, 0.3) is 10.9 Å². The van der Waals surface area contributed by atoms with Crippen molar-refractivity contribution in [2.24, 2.45) is 5.73 Å². The fourth-order valence-electron chi connectivity index (χ4n) is 4.24. The maximum atomic E-state index is 13.4. The minimum atomic E-state index is -1.43. The Balaban J connectivity index is 1.84. The number of carbonyl (C=O) groups excluding carboxylic acids is 3. The van der Waals surface area contributed by atoms with Crippen molar-refractivity contribution in [1.29, 1.82) is 0 Å². The first kappa shape index (κ1) is 31.6. The number of aliphatic hydroxyl groups excluding tert-OH is 1. The largest absolute Gasteiger partial charge is 0.508 e. The monoisotopic (exact) mass is 583 g/mol. The first-order valence-electron chi connectivity index (χ1n) is 13.0. The summed E-state index contributed by atoms with van der Waals surface area (Å²) in [7, 11) is 0. The van der Waals surface area contributed by atoms with E-state index < -0.39 is 66.9 Å². The number of aromatic nitrogens is 1. The quantitative estimate of drug-likeness (QED) is 0.110. The summed E-state index contributed by atoms with van der Waals surface area (Å²) in [4.78, 5) is 65.2. The van der Waals surface area contributed by atoms with Crippen LogP contribution < -0.4 is 21.7 Å². The van der Waals surface area contributed by atoms with Gasteiger partial charge >= 0.3 is 11.9 Å². The molecule has 1 aromatic heterocycles. The lowest BCUT2D eigenvalue weighted by molar-refractivity contribution is -0.142. The maximum Gasteiger partial charge on any atom is 0.326 e. The van der Waals surface area contributed by atoms with Gasteiger partial charge in [0.15, 0.2) is 0 Å². The van der Waals surface area contributed by atoms with Crippen LogP contribution >= 0.6 is 0 Å². The fraction of sp³-hybridized carbons (Fsp3) is 0.321. The van der Waals surface area contributed by atoms with Crippen LogP contribution in [-0.4, -0.2) is 85.8 Å². The predicted octanol–water partition coefficient (Wildman–Crippen LogP) is -0.618. The molecule has 10 N–H and O–H groups in total. The van der Waals surface area contributed by atoms with Crippen molar-refractivity contribution in [3.05, 3.63) is 65.9 Å². The van der Waals surface area contributed by atoms with Crippen LogP contribution in [0, 0.1) is 0 Å². The Bertz CT molecular complexity index is 1420. The minimum absolute atomic E-state index is 0.0369. The average Bonchev–Trinajstić information content (AvgIpc) is 3.37. The molecule has 0 radical (unpaired) electrons. The second kappa shape index (κ2) is 14.6. The average molecular weight is 584 g/mol. The van der Waals surface area contributed by atoms with E-state index in [1.54, 1.807) is 12.3 Å². The summed E-state index contributed by atoms with van der Waals surface area (Å²) in [5.41, 5.74) is 7.45. The van der Waals surface area contributed by atoms with E-state index in [-0.39, 0.29) is 25.0 Å². The van der Waals surface area contributed by atoms with Gasteiger partial charge < -0.3 is 47.1 Å². The number of aliphatic hydroxyl groups is 1. The van der Waals surface area contributed by atoms with E-state index in [9.17, 15) is 34.2 Å². The number of nitrogens with one attached hydrogen (secondary N) is 4. The summed E-state index contributed by atoms with van der Waals surface area (Å²) >= 11 is 0. The number of carboxylic acid groups (broad SMARTS) is 2. The number of nitrogens with two attached hydrogens (primary N) is 1. The molecule has 0 fully saturated rings. The molecular weight excluding hydrogens is 550 g/mol. The van der Waals surface area contributed by atoms with E-state index in [1.807, 2.05) is 18.2 Å². The van der Waals surface area contributed by atoms with Gasteiger partial charge in [0.1, 0.15) is 29.9 Å². The Hall–Kier alpha value is -4.95. The highest BCUT2D eigenvalue weighted by Gasteiger charge is 2.31. The number of H-pyrrole nitrogens is 1. The van der Waals surface area contributed by atoms with Crippen molar-refractivity contribution in [2.45, 2.75) is 49.9 Å². The number of rotatable bonds is 15. The molecule has 4 atom stereocenters. The summed E-state index contributed by atoms with van der Waals surface area (Å²) in [6.45, 7) is -0.724. The third-order valence-electron chi connectivity index (χ3n) is 6.54. The van der Waals surface area contributed by atoms with E-state index in [0.717, 1.165) is 10.9 Å². The first-order chi connectivity index (χ1) is 20.0. The predicted molar refractivity (Wildman–Crippen MR) is 149 cm³/mol. The number of aromatic hydroxyl groups is 1. The summed E-state index contributed by atoms with van der Waals surface area (Å²) in [5, 5.41) is 45.8. The number of hydrogen-bond acceptors (Lipinski definition) is 8. The molecule has 42 heavy (non-hydrogen) atoms.